The number of rotatable bonds is 7. The van der Waals surface area contributed by atoms with Gasteiger partial charge in [0.05, 0.1) is 0 Å². The van der Waals surface area contributed by atoms with Crippen molar-refractivity contribution in [2.45, 2.75) is 38.3 Å². The Hall–Kier alpha value is -3.30. The fourth-order valence-electron chi connectivity index (χ4n) is 3.20. The number of halogens is 3. The lowest BCUT2D eigenvalue weighted by Crippen LogP contribution is -2.43. The van der Waals surface area contributed by atoms with Crippen molar-refractivity contribution in [3.63, 3.8) is 0 Å². The lowest BCUT2D eigenvalue weighted by atomic mass is 9.81. The Balaban J connectivity index is 1.63. The molecule has 0 unspecified atom stereocenters. The van der Waals surface area contributed by atoms with E-state index < -0.39 is 41.0 Å². The molecule has 0 spiro atoms. The molecular weight excluding hydrogens is 454 g/mol. The molecule has 10 heteroatoms. The third kappa shape index (κ3) is 5.74. The van der Waals surface area contributed by atoms with Crippen LogP contribution in [0.4, 0.5) is 14.6 Å². The molecule has 0 aliphatic rings. The molecule has 7 nitrogen and oxygen atoms in total. The van der Waals surface area contributed by atoms with Crippen molar-refractivity contribution in [2.24, 2.45) is 0 Å². The number of aliphatic hydroxyl groups excluding tert-OH is 1. The zero-order valence-corrected chi connectivity index (χ0v) is 18.9. The molecule has 1 aromatic heterocycles. The Morgan fingerprint density at radius 1 is 1.06 bits per heavy atom. The van der Waals surface area contributed by atoms with E-state index in [4.69, 9.17) is 11.6 Å². The van der Waals surface area contributed by atoms with Crippen molar-refractivity contribution in [1.29, 1.82) is 0 Å². The van der Waals surface area contributed by atoms with Crippen molar-refractivity contribution in [2.75, 3.05) is 5.32 Å². The molecule has 0 saturated heterocycles. The number of H-pyrrole nitrogens is 1. The number of nitrogens with zero attached hydrogens (tertiary/aromatic N) is 1. The first-order chi connectivity index (χ1) is 15.5. The van der Waals surface area contributed by atoms with Gasteiger partial charge in [-0.05, 0) is 42.3 Å². The van der Waals surface area contributed by atoms with E-state index in [1.165, 1.54) is 6.92 Å². The Morgan fingerprint density at radius 3 is 2.27 bits per heavy atom. The summed E-state index contributed by atoms with van der Waals surface area (Å²) in [6.07, 6.45) is -1.84. The van der Waals surface area contributed by atoms with Gasteiger partial charge in [-0.2, -0.15) is 5.10 Å². The number of aromatic nitrogens is 2. The van der Waals surface area contributed by atoms with Crippen molar-refractivity contribution >= 4 is 29.2 Å². The molecule has 174 valence electrons. The van der Waals surface area contributed by atoms with Crippen LogP contribution in [-0.4, -0.2) is 33.2 Å². The monoisotopic (exact) mass is 476 g/mol. The summed E-state index contributed by atoms with van der Waals surface area (Å²) >= 11 is 5.96. The molecule has 2 aromatic carbocycles. The quantitative estimate of drug-likeness (QED) is 0.415. The number of hydrogen-bond donors (Lipinski definition) is 4. The van der Waals surface area contributed by atoms with Crippen LogP contribution in [0.3, 0.4) is 0 Å². The van der Waals surface area contributed by atoms with Gasteiger partial charge in [0.25, 0.3) is 5.91 Å². The van der Waals surface area contributed by atoms with Crippen molar-refractivity contribution in [3.05, 3.63) is 82.0 Å². The molecule has 0 saturated carbocycles. The van der Waals surface area contributed by atoms with Crippen molar-refractivity contribution < 1.29 is 23.5 Å². The topological polar surface area (TPSA) is 107 Å². The average Bonchev–Trinajstić information content (AvgIpc) is 3.22. The van der Waals surface area contributed by atoms with Crippen LogP contribution in [0.5, 0.6) is 0 Å². The number of carbonyl (C=O) groups is 2. The summed E-state index contributed by atoms with van der Waals surface area (Å²) in [6.45, 7) is 5.36. The lowest BCUT2D eigenvalue weighted by Gasteiger charge is -2.23. The second kappa shape index (κ2) is 9.68. The molecule has 33 heavy (non-hydrogen) atoms. The third-order valence-corrected chi connectivity index (χ3v) is 5.52. The van der Waals surface area contributed by atoms with Gasteiger partial charge in [-0.15, -0.1) is 0 Å². The van der Waals surface area contributed by atoms with E-state index in [9.17, 15) is 23.5 Å². The molecular formula is C23H23ClF2N4O3. The predicted molar refractivity (Wildman–Crippen MR) is 120 cm³/mol. The second-order valence-corrected chi connectivity index (χ2v) is 8.56. The van der Waals surface area contributed by atoms with Gasteiger partial charge in [-0.25, -0.2) is 8.78 Å². The number of aromatic amines is 1. The van der Waals surface area contributed by atoms with E-state index in [2.05, 4.69) is 20.8 Å². The maximum Gasteiger partial charge on any atom is 0.254 e. The highest BCUT2D eigenvalue weighted by Crippen LogP contribution is 2.32. The molecule has 0 bridgehead atoms. The Bertz CT molecular complexity index is 1140. The van der Waals surface area contributed by atoms with Gasteiger partial charge in [0.15, 0.2) is 11.9 Å². The number of amides is 2. The van der Waals surface area contributed by atoms with Crippen molar-refractivity contribution in [1.82, 2.24) is 15.5 Å². The van der Waals surface area contributed by atoms with Crippen LogP contribution < -0.4 is 10.6 Å². The summed E-state index contributed by atoms with van der Waals surface area (Å²) in [5.41, 5.74) is 1.00. The van der Waals surface area contributed by atoms with Crippen LogP contribution in [-0.2, 0) is 15.0 Å². The van der Waals surface area contributed by atoms with Crippen LogP contribution in [0.25, 0.3) is 0 Å². The zero-order valence-electron chi connectivity index (χ0n) is 18.1. The third-order valence-electron chi connectivity index (χ3n) is 5.27. The summed E-state index contributed by atoms with van der Waals surface area (Å²) in [6, 6.07) is 10.3. The molecule has 0 aliphatic heterocycles. The summed E-state index contributed by atoms with van der Waals surface area (Å²) < 4.78 is 26.7. The fourth-order valence-corrected chi connectivity index (χ4v) is 3.33. The normalized spacial score (nSPS) is 13.3. The van der Waals surface area contributed by atoms with E-state index in [1.54, 1.807) is 18.2 Å². The highest BCUT2D eigenvalue weighted by Gasteiger charge is 2.27. The Labute approximate surface area is 194 Å². The molecule has 1 heterocycles. The zero-order chi connectivity index (χ0) is 24.3. The van der Waals surface area contributed by atoms with Gasteiger partial charge >= 0.3 is 0 Å². The first-order valence-corrected chi connectivity index (χ1v) is 10.4. The van der Waals surface area contributed by atoms with Gasteiger partial charge in [-0.3, -0.25) is 14.7 Å². The molecule has 0 radical (unpaired) electrons. The van der Waals surface area contributed by atoms with E-state index >= 15 is 0 Å². The largest absolute Gasteiger partial charge is 0.378 e. The highest BCUT2D eigenvalue weighted by atomic mass is 35.5. The second-order valence-electron chi connectivity index (χ2n) is 8.12. The average molecular weight is 477 g/mol. The lowest BCUT2D eigenvalue weighted by molar-refractivity contribution is -0.132. The van der Waals surface area contributed by atoms with Crippen LogP contribution in [0.1, 0.15) is 43.7 Å². The predicted octanol–water partition coefficient (Wildman–Crippen LogP) is 3.84. The Kier molecular flexibility index (Phi) is 7.14. The van der Waals surface area contributed by atoms with Gasteiger partial charge < -0.3 is 15.7 Å². The number of aliphatic hydroxyl groups is 1. The minimum absolute atomic E-state index is 0.242. The first-order valence-electron chi connectivity index (χ1n) is 10.0. The van der Waals surface area contributed by atoms with Crippen LogP contribution in [0, 0.1) is 11.6 Å². The summed E-state index contributed by atoms with van der Waals surface area (Å²) in [5.74, 6) is -3.19. The van der Waals surface area contributed by atoms with Gasteiger partial charge in [0.1, 0.15) is 17.7 Å². The SMILES string of the molecule is C[C@H](NC(=O)[C@@H](O)c1cc(F)cc(F)c1)C(=O)Nc1cc(C(C)(C)c2ccc(Cl)cc2)[nH]n1. The van der Waals surface area contributed by atoms with Gasteiger partial charge in [0.2, 0.25) is 5.91 Å². The van der Waals surface area contributed by atoms with E-state index in [1.807, 2.05) is 26.0 Å². The number of carbonyl (C=O) groups excluding carboxylic acids is 2. The minimum Gasteiger partial charge on any atom is -0.378 e. The smallest absolute Gasteiger partial charge is 0.254 e. The molecule has 2 amide bonds. The summed E-state index contributed by atoms with van der Waals surface area (Å²) in [4.78, 5) is 24.7. The fraction of sp³-hybridized carbons (Fsp3) is 0.261. The number of anilines is 1. The molecule has 2 atom stereocenters. The molecule has 3 rings (SSSR count). The molecule has 0 aliphatic carbocycles. The van der Waals surface area contributed by atoms with Crippen molar-refractivity contribution in [3.8, 4) is 0 Å². The number of benzene rings is 2. The molecule has 3 aromatic rings. The standard InChI is InChI=1S/C23H23ClF2N4O3/c1-12(27-22(33)20(31)13-8-16(25)10-17(26)9-13)21(32)28-19-11-18(29-30-19)23(2,3)14-4-6-15(24)7-5-14/h4-12,20,31H,1-3H3,(H,27,33)(H2,28,29,30,32)/t12-,20-/m0/s1. The van der Waals surface area contributed by atoms with Gasteiger partial charge in [-0.1, -0.05) is 37.6 Å². The summed E-state index contributed by atoms with van der Waals surface area (Å²) in [5, 5.41) is 22.6. The van der Waals surface area contributed by atoms with Crippen LogP contribution in [0.15, 0.2) is 48.5 Å². The Morgan fingerprint density at radius 2 is 1.67 bits per heavy atom. The summed E-state index contributed by atoms with van der Waals surface area (Å²) in [7, 11) is 0. The van der Waals surface area contributed by atoms with Gasteiger partial charge in [0, 0.05) is 28.3 Å². The number of nitrogens with one attached hydrogen (secondary N) is 3. The van der Waals surface area contributed by atoms with E-state index in [0.29, 0.717) is 11.1 Å². The molecule has 4 N–H and O–H groups in total. The van der Waals surface area contributed by atoms with E-state index in [0.717, 1.165) is 23.4 Å². The highest BCUT2D eigenvalue weighted by molar-refractivity contribution is 6.30. The first kappa shape index (κ1) is 24.3. The molecule has 0 fully saturated rings. The maximum atomic E-state index is 13.3. The van der Waals surface area contributed by atoms with Crippen LogP contribution >= 0.6 is 11.6 Å². The maximum absolute atomic E-state index is 13.3. The minimum atomic E-state index is -1.84. The number of hydrogen-bond acceptors (Lipinski definition) is 4. The van der Waals surface area contributed by atoms with E-state index in [-0.39, 0.29) is 11.4 Å². The van der Waals surface area contributed by atoms with Crippen LogP contribution in [0.2, 0.25) is 5.02 Å².